The minimum absolute atomic E-state index is 0.0192. The van der Waals surface area contributed by atoms with Gasteiger partial charge in [-0.3, -0.25) is 4.79 Å². The van der Waals surface area contributed by atoms with E-state index in [0.717, 1.165) is 52.8 Å². The summed E-state index contributed by atoms with van der Waals surface area (Å²) in [5, 5.41) is 19.4. The Kier molecular flexibility index (Phi) is 5.78. The fourth-order valence-electron chi connectivity index (χ4n) is 5.72. The molecule has 7 nitrogen and oxygen atoms in total. The normalized spacial score (nSPS) is 19.1. The van der Waals surface area contributed by atoms with E-state index in [-0.39, 0.29) is 16.9 Å². The Labute approximate surface area is 215 Å². The molecular formula is C28H32N4O3S. The number of fused-ring (bicyclic) bond motifs is 1. The van der Waals surface area contributed by atoms with Gasteiger partial charge < -0.3 is 10.0 Å². The van der Waals surface area contributed by atoms with Crippen LogP contribution in [0.3, 0.4) is 0 Å². The molecule has 1 N–H and O–H groups in total. The summed E-state index contributed by atoms with van der Waals surface area (Å²) in [6.07, 6.45) is 2.63. The lowest BCUT2D eigenvalue weighted by Crippen LogP contribution is -2.51. The first-order valence-electron chi connectivity index (χ1n) is 12.4. The number of aromatic carboxylic acids is 1. The summed E-state index contributed by atoms with van der Waals surface area (Å²) in [6.45, 7) is 13.3. The van der Waals surface area contributed by atoms with E-state index in [4.69, 9.17) is 0 Å². The van der Waals surface area contributed by atoms with Crippen molar-refractivity contribution < 1.29 is 14.7 Å². The van der Waals surface area contributed by atoms with Crippen LogP contribution < -0.4 is 4.90 Å². The van der Waals surface area contributed by atoms with Crippen molar-refractivity contribution in [1.29, 1.82) is 0 Å². The number of ketones is 1. The largest absolute Gasteiger partial charge is 0.478 e. The zero-order valence-electron chi connectivity index (χ0n) is 21.7. The van der Waals surface area contributed by atoms with Crippen LogP contribution in [-0.2, 0) is 6.42 Å². The number of Topliss-reactive ketones (excluding diaryl/α,β-unsaturated/α-hetero) is 1. The summed E-state index contributed by atoms with van der Waals surface area (Å²) < 4.78 is 0.851. The predicted molar refractivity (Wildman–Crippen MR) is 144 cm³/mol. The first kappa shape index (κ1) is 24.6. The number of carboxylic acid groups (broad SMARTS) is 1. The summed E-state index contributed by atoms with van der Waals surface area (Å²) in [5.74, 6) is -0.614. The molecule has 0 amide bonds. The molecule has 0 saturated carbocycles. The zero-order valence-corrected chi connectivity index (χ0v) is 22.5. The van der Waals surface area contributed by atoms with Gasteiger partial charge in [0.25, 0.3) is 0 Å². The molecule has 36 heavy (non-hydrogen) atoms. The van der Waals surface area contributed by atoms with E-state index in [0.29, 0.717) is 22.3 Å². The summed E-state index contributed by atoms with van der Waals surface area (Å²) >= 11 is 1.34. The molecule has 0 bridgehead atoms. The van der Waals surface area contributed by atoms with Gasteiger partial charge in [0.05, 0.1) is 15.8 Å². The van der Waals surface area contributed by atoms with Gasteiger partial charge in [-0.05, 0) is 74.4 Å². The molecule has 3 heterocycles. The second-order valence-corrected chi connectivity index (χ2v) is 12.6. The molecule has 8 heteroatoms. The van der Waals surface area contributed by atoms with Crippen molar-refractivity contribution in [2.75, 3.05) is 11.4 Å². The lowest BCUT2D eigenvalue weighted by atomic mass is 9.75. The average molecular weight is 505 g/mol. The summed E-state index contributed by atoms with van der Waals surface area (Å²) in [6, 6.07) is 7.39. The van der Waals surface area contributed by atoms with E-state index in [2.05, 4.69) is 40.9 Å². The summed E-state index contributed by atoms with van der Waals surface area (Å²) in [4.78, 5) is 32.0. The second kappa shape index (κ2) is 8.47. The smallest absolute Gasteiger partial charge is 0.338 e. The van der Waals surface area contributed by atoms with Crippen molar-refractivity contribution in [1.82, 2.24) is 4.98 Å². The number of azo groups is 1. The van der Waals surface area contributed by atoms with Crippen LogP contribution in [0.15, 0.2) is 34.5 Å². The molecule has 5 rings (SSSR count). The van der Waals surface area contributed by atoms with Gasteiger partial charge in [0.1, 0.15) is 5.69 Å². The Hall–Kier alpha value is -3.13. The molecule has 2 aliphatic heterocycles. The van der Waals surface area contributed by atoms with Crippen molar-refractivity contribution in [2.24, 2.45) is 15.6 Å². The third-order valence-electron chi connectivity index (χ3n) is 7.33. The van der Waals surface area contributed by atoms with Gasteiger partial charge in [-0.2, -0.15) is 0 Å². The van der Waals surface area contributed by atoms with E-state index < -0.39 is 11.4 Å². The fourth-order valence-corrected chi connectivity index (χ4v) is 6.54. The number of nitrogens with zero attached hydrogens (tertiary/aromatic N) is 4. The monoisotopic (exact) mass is 504 g/mol. The van der Waals surface area contributed by atoms with Crippen LogP contribution in [-0.4, -0.2) is 33.9 Å². The Balaban J connectivity index is 1.57. The van der Waals surface area contributed by atoms with Gasteiger partial charge in [0.15, 0.2) is 5.78 Å². The molecule has 0 aliphatic carbocycles. The molecule has 188 valence electrons. The Morgan fingerprint density at radius 2 is 1.94 bits per heavy atom. The van der Waals surface area contributed by atoms with Gasteiger partial charge in [0.2, 0.25) is 5.13 Å². The number of hydrogen-bond donors (Lipinski definition) is 1. The fraction of sp³-hybridized carbons (Fsp3) is 0.464. The minimum Gasteiger partial charge on any atom is -0.478 e. The minimum atomic E-state index is -0.978. The highest BCUT2D eigenvalue weighted by Gasteiger charge is 2.41. The third kappa shape index (κ3) is 4.11. The van der Waals surface area contributed by atoms with Crippen molar-refractivity contribution in [3.05, 3.63) is 46.5 Å². The second-order valence-electron chi connectivity index (χ2n) is 11.6. The van der Waals surface area contributed by atoms with Gasteiger partial charge >= 0.3 is 5.97 Å². The van der Waals surface area contributed by atoms with E-state index in [1.807, 2.05) is 39.0 Å². The molecular weight excluding hydrogens is 472 g/mol. The summed E-state index contributed by atoms with van der Waals surface area (Å²) in [7, 11) is 0. The number of benzene rings is 2. The van der Waals surface area contributed by atoms with Crippen LogP contribution in [0.2, 0.25) is 0 Å². The van der Waals surface area contributed by atoms with Crippen LogP contribution >= 0.6 is 11.3 Å². The van der Waals surface area contributed by atoms with Crippen LogP contribution in [0.25, 0.3) is 10.2 Å². The van der Waals surface area contributed by atoms with E-state index in [9.17, 15) is 14.7 Å². The van der Waals surface area contributed by atoms with Gasteiger partial charge in [0, 0.05) is 28.7 Å². The first-order valence-corrected chi connectivity index (χ1v) is 13.3. The zero-order chi connectivity index (χ0) is 26.0. The van der Waals surface area contributed by atoms with Crippen LogP contribution in [0.4, 0.5) is 16.5 Å². The molecule has 3 aromatic rings. The van der Waals surface area contributed by atoms with E-state index in [1.165, 1.54) is 11.3 Å². The van der Waals surface area contributed by atoms with Gasteiger partial charge in [-0.1, -0.05) is 39.0 Å². The maximum Gasteiger partial charge on any atom is 0.338 e. The maximum absolute atomic E-state index is 12.7. The van der Waals surface area contributed by atoms with E-state index in [1.54, 1.807) is 6.07 Å². The first-order chi connectivity index (χ1) is 16.9. The Morgan fingerprint density at radius 3 is 2.64 bits per heavy atom. The molecule has 2 aromatic carbocycles. The molecule has 0 fully saturated rings. The third-order valence-corrected chi connectivity index (χ3v) is 8.24. The van der Waals surface area contributed by atoms with Crippen molar-refractivity contribution >= 4 is 49.8 Å². The van der Waals surface area contributed by atoms with Crippen molar-refractivity contribution in [3.63, 3.8) is 0 Å². The van der Waals surface area contributed by atoms with Gasteiger partial charge in [-0.15, -0.1) is 10.2 Å². The molecule has 1 atom stereocenters. The average Bonchev–Trinajstić information content (AvgIpc) is 3.21. The standard InChI is InChI=1S/C28H32N4O3S/c1-15-14-28(5,6)32-11-7-8-17-22(25(34)35)20(13-18(15)23(17)32)30-31-26-29-19-10-9-16(12-21(19)36-26)24(33)27(2,3)4/h9-10,12-13,15H,7-8,11,14H2,1-6H3,(H,34,35). The van der Waals surface area contributed by atoms with Gasteiger partial charge in [-0.25, -0.2) is 9.78 Å². The number of rotatable bonds is 4. The lowest BCUT2D eigenvalue weighted by molar-refractivity contribution is 0.0696. The molecule has 0 radical (unpaired) electrons. The summed E-state index contributed by atoms with van der Waals surface area (Å²) in [5.41, 5.74) is 4.62. The highest BCUT2D eigenvalue weighted by atomic mass is 32.1. The van der Waals surface area contributed by atoms with Crippen LogP contribution in [0.5, 0.6) is 0 Å². The predicted octanol–water partition coefficient (Wildman–Crippen LogP) is 7.68. The number of carbonyl (C=O) groups is 2. The SMILES string of the molecule is CC1CC(C)(C)N2CCCc3c(C(=O)O)c(N=Nc4nc5ccc(C(=O)C(C)(C)C)cc5s4)cc1c32. The highest BCUT2D eigenvalue weighted by molar-refractivity contribution is 7.21. The van der Waals surface area contributed by atoms with Crippen LogP contribution in [0, 0.1) is 5.41 Å². The molecule has 0 saturated heterocycles. The quantitative estimate of drug-likeness (QED) is 0.290. The number of anilines is 1. The molecule has 2 aliphatic rings. The molecule has 1 aromatic heterocycles. The Bertz CT molecular complexity index is 1430. The number of carboxylic acids is 1. The number of thiazole rings is 1. The maximum atomic E-state index is 12.7. The van der Waals surface area contributed by atoms with Crippen molar-refractivity contribution in [2.45, 2.75) is 72.3 Å². The van der Waals surface area contributed by atoms with E-state index >= 15 is 0 Å². The number of aromatic nitrogens is 1. The van der Waals surface area contributed by atoms with Crippen LogP contribution in [0.1, 0.15) is 92.1 Å². The number of hydrogen-bond acceptors (Lipinski definition) is 7. The lowest BCUT2D eigenvalue weighted by Gasteiger charge is -2.50. The molecule has 0 spiro atoms. The Morgan fingerprint density at radius 1 is 1.19 bits per heavy atom. The highest BCUT2D eigenvalue weighted by Crippen LogP contribution is 2.50. The van der Waals surface area contributed by atoms with Crippen molar-refractivity contribution in [3.8, 4) is 0 Å². The number of carbonyl (C=O) groups excluding carboxylic acids is 1. The molecule has 1 unspecified atom stereocenters. The topological polar surface area (TPSA) is 95.2 Å².